The van der Waals surface area contributed by atoms with E-state index in [4.69, 9.17) is 4.74 Å². The van der Waals surface area contributed by atoms with E-state index in [2.05, 4.69) is 61.8 Å². The predicted octanol–water partition coefficient (Wildman–Crippen LogP) is 6.37. The summed E-state index contributed by atoms with van der Waals surface area (Å²) in [7, 11) is 0. The van der Waals surface area contributed by atoms with Crippen LogP contribution in [-0.4, -0.2) is 48.6 Å². The van der Waals surface area contributed by atoms with Gasteiger partial charge in [-0.15, -0.1) is 0 Å². The van der Waals surface area contributed by atoms with Crippen LogP contribution in [0.25, 0.3) is 0 Å². The van der Waals surface area contributed by atoms with Gasteiger partial charge in [-0.3, -0.25) is 9.80 Å². The van der Waals surface area contributed by atoms with Crippen molar-refractivity contribution in [1.29, 1.82) is 0 Å². The molecule has 1 aliphatic heterocycles. The molecule has 0 spiro atoms. The molecule has 0 aromatic heterocycles. The monoisotopic (exact) mass is 402 g/mol. The summed E-state index contributed by atoms with van der Waals surface area (Å²) in [5.41, 5.74) is 1.38. The zero-order valence-corrected chi connectivity index (χ0v) is 19.7. The Bertz CT molecular complexity index is 535. The van der Waals surface area contributed by atoms with Gasteiger partial charge in [0.2, 0.25) is 0 Å². The molecule has 0 radical (unpaired) electrons. The lowest BCUT2D eigenvalue weighted by Gasteiger charge is -2.36. The van der Waals surface area contributed by atoms with Gasteiger partial charge in [0.15, 0.2) is 0 Å². The van der Waals surface area contributed by atoms with Crippen LogP contribution in [0.4, 0.5) is 0 Å². The van der Waals surface area contributed by atoms with Gasteiger partial charge in [0.1, 0.15) is 5.75 Å². The molecule has 0 amide bonds. The van der Waals surface area contributed by atoms with E-state index >= 15 is 0 Å². The summed E-state index contributed by atoms with van der Waals surface area (Å²) in [5.74, 6) is 1.90. The maximum absolute atomic E-state index is 6.03. The van der Waals surface area contributed by atoms with E-state index in [1.54, 1.807) is 0 Å². The fourth-order valence-corrected chi connectivity index (χ4v) is 4.16. The van der Waals surface area contributed by atoms with Crippen LogP contribution >= 0.6 is 0 Å². The fourth-order valence-electron chi connectivity index (χ4n) is 4.16. The Morgan fingerprint density at radius 3 is 2.14 bits per heavy atom. The minimum absolute atomic E-state index is 0.666. The van der Waals surface area contributed by atoms with Crippen molar-refractivity contribution < 1.29 is 4.74 Å². The van der Waals surface area contributed by atoms with E-state index in [-0.39, 0.29) is 0 Å². The number of piperazine rings is 1. The highest BCUT2D eigenvalue weighted by Gasteiger charge is 2.18. The van der Waals surface area contributed by atoms with Gasteiger partial charge in [-0.1, -0.05) is 70.9 Å². The zero-order valence-electron chi connectivity index (χ0n) is 19.7. The lowest BCUT2D eigenvalue weighted by atomic mass is 10.0. The van der Waals surface area contributed by atoms with E-state index < -0.39 is 0 Å². The first-order valence-electron chi connectivity index (χ1n) is 12.2. The molecule has 1 aromatic rings. The maximum Gasteiger partial charge on any atom is 0.119 e. The van der Waals surface area contributed by atoms with Crippen molar-refractivity contribution in [2.45, 2.75) is 91.6 Å². The average molecular weight is 403 g/mol. The van der Waals surface area contributed by atoms with E-state index in [0.29, 0.717) is 6.04 Å². The van der Waals surface area contributed by atoms with Crippen LogP contribution < -0.4 is 4.74 Å². The second-order valence-corrected chi connectivity index (χ2v) is 9.56. The molecule has 166 valence electrons. The molecular weight excluding hydrogens is 356 g/mol. The van der Waals surface area contributed by atoms with Gasteiger partial charge in [-0.2, -0.15) is 0 Å². The number of rotatable bonds is 14. The third-order valence-corrected chi connectivity index (χ3v) is 6.14. The van der Waals surface area contributed by atoms with Gasteiger partial charge >= 0.3 is 0 Å². The van der Waals surface area contributed by atoms with Crippen LogP contribution in [0.1, 0.15) is 84.6 Å². The number of nitrogens with zero attached hydrogens (tertiary/aromatic N) is 2. The predicted molar refractivity (Wildman–Crippen MR) is 126 cm³/mol. The Labute approximate surface area is 180 Å². The number of ether oxygens (including phenoxy) is 1. The summed E-state index contributed by atoms with van der Waals surface area (Å²) in [6.45, 7) is 15.8. The van der Waals surface area contributed by atoms with Crippen molar-refractivity contribution in [2.24, 2.45) is 5.92 Å². The molecule has 0 bridgehead atoms. The highest BCUT2D eigenvalue weighted by Crippen LogP contribution is 2.17. The standard InChI is InChI=1S/C26H46N2O/c1-23(2)13-10-8-6-5-7-9-11-20-29-26-15-12-14-25(21-26)22-27-16-18-28(19-17-27)24(3)4/h12,14-15,21,23-24H,5-11,13,16-20,22H2,1-4H3. The minimum Gasteiger partial charge on any atom is -0.494 e. The molecule has 2 rings (SSSR count). The Kier molecular flexibility index (Phi) is 11.7. The van der Waals surface area contributed by atoms with Crippen LogP contribution in [0.3, 0.4) is 0 Å². The SMILES string of the molecule is CC(C)CCCCCCCCCOc1cccc(CN2CCN(C(C)C)CC2)c1. The summed E-state index contributed by atoms with van der Waals surface area (Å²) in [6, 6.07) is 9.39. The summed E-state index contributed by atoms with van der Waals surface area (Å²) < 4.78 is 6.03. The van der Waals surface area contributed by atoms with Crippen molar-refractivity contribution in [2.75, 3.05) is 32.8 Å². The van der Waals surface area contributed by atoms with Gasteiger partial charge < -0.3 is 4.74 Å². The van der Waals surface area contributed by atoms with Crippen molar-refractivity contribution >= 4 is 0 Å². The molecule has 3 nitrogen and oxygen atoms in total. The van der Waals surface area contributed by atoms with Crippen LogP contribution in [0.5, 0.6) is 5.75 Å². The molecule has 1 heterocycles. The highest BCUT2D eigenvalue weighted by molar-refractivity contribution is 5.28. The topological polar surface area (TPSA) is 15.7 Å². The second kappa shape index (κ2) is 14.0. The van der Waals surface area contributed by atoms with Gasteiger partial charge in [-0.25, -0.2) is 0 Å². The van der Waals surface area contributed by atoms with Crippen LogP contribution in [-0.2, 0) is 6.54 Å². The van der Waals surface area contributed by atoms with Crippen molar-refractivity contribution in [1.82, 2.24) is 9.80 Å². The van der Waals surface area contributed by atoms with Crippen LogP contribution in [0.15, 0.2) is 24.3 Å². The van der Waals surface area contributed by atoms with Gasteiger partial charge in [0, 0.05) is 38.8 Å². The van der Waals surface area contributed by atoms with Crippen molar-refractivity contribution in [3.63, 3.8) is 0 Å². The molecular formula is C26H46N2O. The molecule has 3 heteroatoms. The molecule has 0 aliphatic carbocycles. The first-order chi connectivity index (χ1) is 14.0. The quantitative estimate of drug-likeness (QED) is 0.336. The van der Waals surface area contributed by atoms with Crippen molar-refractivity contribution in [3.8, 4) is 5.75 Å². The first kappa shape index (κ1) is 24.2. The zero-order chi connectivity index (χ0) is 20.9. The van der Waals surface area contributed by atoms with Crippen LogP contribution in [0, 0.1) is 5.92 Å². The van der Waals surface area contributed by atoms with Crippen molar-refractivity contribution in [3.05, 3.63) is 29.8 Å². The largest absolute Gasteiger partial charge is 0.494 e. The summed E-state index contributed by atoms with van der Waals surface area (Å²) >= 11 is 0. The smallest absolute Gasteiger partial charge is 0.119 e. The molecule has 0 atom stereocenters. The number of hydrogen-bond acceptors (Lipinski definition) is 3. The average Bonchev–Trinajstić information content (AvgIpc) is 2.70. The molecule has 1 aromatic carbocycles. The van der Waals surface area contributed by atoms with E-state index in [1.165, 1.54) is 83.1 Å². The molecule has 1 saturated heterocycles. The molecule has 0 N–H and O–H groups in total. The number of unbranched alkanes of at least 4 members (excludes halogenated alkanes) is 6. The number of hydrogen-bond donors (Lipinski definition) is 0. The third-order valence-electron chi connectivity index (χ3n) is 6.14. The lowest BCUT2D eigenvalue weighted by Crippen LogP contribution is -2.48. The Hall–Kier alpha value is -1.06. The summed E-state index contributed by atoms with van der Waals surface area (Å²) in [6.07, 6.45) is 10.8. The first-order valence-corrected chi connectivity index (χ1v) is 12.2. The minimum atomic E-state index is 0.666. The van der Waals surface area contributed by atoms with Gasteiger partial charge in [0.05, 0.1) is 6.61 Å². The third kappa shape index (κ3) is 10.5. The fraction of sp³-hybridized carbons (Fsp3) is 0.769. The second-order valence-electron chi connectivity index (χ2n) is 9.56. The summed E-state index contributed by atoms with van der Waals surface area (Å²) in [5, 5.41) is 0. The molecule has 0 unspecified atom stereocenters. The maximum atomic E-state index is 6.03. The summed E-state index contributed by atoms with van der Waals surface area (Å²) in [4.78, 5) is 5.14. The highest BCUT2D eigenvalue weighted by atomic mass is 16.5. The Morgan fingerprint density at radius 2 is 1.48 bits per heavy atom. The van der Waals surface area contributed by atoms with Gasteiger partial charge in [0.25, 0.3) is 0 Å². The Balaban J connectivity index is 1.54. The van der Waals surface area contributed by atoms with Gasteiger partial charge in [-0.05, 0) is 43.9 Å². The molecule has 0 saturated carbocycles. The molecule has 29 heavy (non-hydrogen) atoms. The van der Waals surface area contributed by atoms with E-state index in [0.717, 1.165) is 24.8 Å². The van der Waals surface area contributed by atoms with Crippen LogP contribution in [0.2, 0.25) is 0 Å². The van der Waals surface area contributed by atoms with E-state index in [9.17, 15) is 0 Å². The molecule has 1 aliphatic rings. The molecule has 1 fully saturated rings. The lowest BCUT2D eigenvalue weighted by molar-refractivity contribution is 0.104. The number of benzene rings is 1. The van der Waals surface area contributed by atoms with E-state index in [1.807, 2.05) is 0 Å². The Morgan fingerprint density at radius 1 is 0.828 bits per heavy atom. The normalized spacial score (nSPS) is 16.1.